The van der Waals surface area contributed by atoms with Crippen molar-refractivity contribution in [2.75, 3.05) is 0 Å². The minimum atomic E-state index is 0.0396. The van der Waals surface area contributed by atoms with E-state index >= 15 is 0 Å². The quantitative estimate of drug-likeness (QED) is 0.697. The third-order valence-corrected chi connectivity index (χ3v) is 2.42. The van der Waals surface area contributed by atoms with Crippen LogP contribution in [0, 0.1) is 11.3 Å². The van der Waals surface area contributed by atoms with Crippen LogP contribution in [-0.4, -0.2) is 18.2 Å². The predicted octanol–water partition coefficient (Wildman–Crippen LogP) is 1.52. The third kappa shape index (κ3) is 3.48. The lowest BCUT2D eigenvalue weighted by Gasteiger charge is -2.33. The van der Waals surface area contributed by atoms with E-state index in [1.165, 1.54) is 0 Å². The first-order chi connectivity index (χ1) is 6.40. The Hall–Kier alpha value is -0.860. The van der Waals surface area contributed by atoms with Crippen molar-refractivity contribution < 1.29 is 9.59 Å². The predicted molar refractivity (Wildman–Crippen MR) is 54.8 cm³/mol. The summed E-state index contributed by atoms with van der Waals surface area (Å²) in [5, 5.41) is 2.94. The smallest absolute Gasteiger partial charge is 0.220 e. The van der Waals surface area contributed by atoms with Crippen molar-refractivity contribution in [1.82, 2.24) is 5.32 Å². The first-order valence-corrected chi connectivity index (χ1v) is 5.15. The van der Waals surface area contributed by atoms with Crippen molar-refractivity contribution in [2.24, 2.45) is 11.3 Å². The van der Waals surface area contributed by atoms with Gasteiger partial charge in [0.15, 0.2) is 0 Å². The van der Waals surface area contributed by atoms with E-state index in [2.05, 4.69) is 5.32 Å². The van der Waals surface area contributed by atoms with Crippen molar-refractivity contribution in [3.05, 3.63) is 0 Å². The second kappa shape index (κ2) is 4.11. The first kappa shape index (κ1) is 11.2. The van der Waals surface area contributed by atoms with Gasteiger partial charge in [-0.25, -0.2) is 0 Å². The van der Waals surface area contributed by atoms with Crippen LogP contribution in [0.3, 0.4) is 0 Å². The van der Waals surface area contributed by atoms with Crippen molar-refractivity contribution >= 4 is 12.2 Å². The van der Waals surface area contributed by atoms with E-state index in [-0.39, 0.29) is 23.3 Å². The van der Waals surface area contributed by atoms with Crippen LogP contribution in [-0.2, 0) is 9.59 Å². The third-order valence-electron chi connectivity index (χ3n) is 2.42. The molecule has 3 nitrogen and oxygen atoms in total. The van der Waals surface area contributed by atoms with Gasteiger partial charge in [0.1, 0.15) is 6.29 Å². The Labute approximate surface area is 85.3 Å². The van der Waals surface area contributed by atoms with Gasteiger partial charge in [-0.1, -0.05) is 20.8 Å². The summed E-state index contributed by atoms with van der Waals surface area (Å²) in [6, 6.07) is 0.236. The maximum absolute atomic E-state index is 11.5. The van der Waals surface area contributed by atoms with E-state index in [1.807, 2.05) is 20.8 Å². The molecule has 0 atom stereocenters. The minimum Gasteiger partial charge on any atom is -0.353 e. The van der Waals surface area contributed by atoms with Gasteiger partial charge in [-0.15, -0.1) is 0 Å². The number of hydrogen-bond donors (Lipinski definition) is 1. The van der Waals surface area contributed by atoms with Gasteiger partial charge >= 0.3 is 0 Å². The van der Waals surface area contributed by atoms with E-state index in [0.29, 0.717) is 6.42 Å². The molecule has 1 aliphatic carbocycles. The van der Waals surface area contributed by atoms with E-state index in [0.717, 1.165) is 19.1 Å². The Kier molecular flexibility index (Phi) is 3.29. The summed E-state index contributed by atoms with van der Waals surface area (Å²) >= 11 is 0. The molecule has 0 unspecified atom stereocenters. The molecule has 1 rings (SSSR count). The molecule has 0 aromatic heterocycles. The van der Waals surface area contributed by atoms with Crippen LogP contribution in [0.5, 0.6) is 0 Å². The van der Waals surface area contributed by atoms with Crippen molar-refractivity contribution in [1.29, 1.82) is 0 Å². The van der Waals surface area contributed by atoms with Crippen LogP contribution in [0.2, 0.25) is 0 Å². The Balaban J connectivity index is 2.20. The molecule has 1 N–H and O–H groups in total. The highest BCUT2D eigenvalue weighted by molar-refractivity contribution is 5.77. The Morgan fingerprint density at radius 1 is 1.43 bits per heavy atom. The lowest BCUT2D eigenvalue weighted by molar-refractivity contribution is -0.125. The van der Waals surface area contributed by atoms with Crippen LogP contribution in [0.25, 0.3) is 0 Å². The van der Waals surface area contributed by atoms with E-state index in [4.69, 9.17) is 0 Å². The maximum atomic E-state index is 11.5. The zero-order valence-corrected chi connectivity index (χ0v) is 9.17. The molecule has 3 heteroatoms. The molecule has 1 fully saturated rings. The molecule has 0 radical (unpaired) electrons. The van der Waals surface area contributed by atoms with Gasteiger partial charge in [0, 0.05) is 18.4 Å². The molecule has 1 aliphatic rings. The Morgan fingerprint density at radius 2 is 2.00 bits per heavy atom. The standard InChI is InChI=1S/C11H19NO2/c1-11(2,3)6-10(14)12-9-4-8(5-9)7-13/h7-9H,4-6H2,1-3H3,(H,12,14). The molecular formula is C11H19NO2. The average Bonchev–Trinajstić information content (AvgIpc) is 1.91. The van der Waals surface area contributed by atoms with Crippen LogP contribution < -0.4 is 5.32 Å². The number of carbonyl (C=O) groups is 2. The summed E-state index contributed by atoms with van der Waals surface area (Å²) in [4.78, 5) is 21.8. The molecule has 0 heterocycles. The number of nitrogens with one attached hydrogen (secondary N) is 1. The second-order valence-electron chi connectivity index (χ2n) is 5.37. The topological polar surface area (TPSA) is 46.2 Å². The summed E-state index contributed by atoms with van der Waals surface area (Å²) in [6.07, 6.45) is 3.17. The lowest BCUT2D eigenvalue weighted by atomic mass is 9.81. The van der Waals surface area contributed by atoms with Gasteiger partial charge in [-0.3, -0.25) is 4.79 Å². The van der Waals surface area contributed by atoms with Crippen molar-refractivity contribution in [3.8, 4) is 0 Å². The largest absolute Gasteiger partial charge is 0.353 e. The molecule has 0 aromatic carbocycles. The molecule has 80 valence electrons. The first-order valence-electron chi connectivity index (χ1n) is 5.15. The van der Waals surface area contributed by atoms with Crippen LogP contribution in [0.1, 0.15) is 40.0 Å². The van der Waals surface area contributed by atoms with E-state index < -0.39 is 0 Å². The number of aldehydes is 1. The van der Waals surface area contributed by atoms with Gasteiger partial charge in [0.05, 0.1) is 0 Å². The normalized spacial score (nSPS) is 26.5. The molecule has 0 aromatic rings. The molecule has 14 heavy (non-hydrogen) atoms. The fourth-order valence-corrected chi connectivity index (χ4v) is 1.65. The Morgan fingerprint density at radius 3 is 2.43 bits per heavy atom. The molecule has 0 saturated heterocycles. The van der Waals surface area contributed by atoms with Gasteiger partial charge in [0.25, 0.3) is 0 Å². The number of rotatable bonds is 3. The summed E-state index contributed by atoms with van der Waals surface area (Å²) in [5.74, 6) is 0.279. The van der Waals surface area contributed by atoms with E-state index in [1.54, 1.807) is 0 Å². The van der Waals surface area contributed by atoms with Gasteiger partial charge in [-0.05, 0) is 18.3 Å². The number of carbonyl (C=O) groups excluding carboxylic acids is 2. The monoisotopic (exact) mass is 197 g/mol. The van der Waals surface area contributed by atoms with Crippen molar-refractivity contribution in [2.45, 2.75) is 46.1 Å². The minimum absolute atomic E-state index is 0.0396. The molecule has 0 spiro atoms. The summed E-state index contributed by atoms with van der Waals surface area (Å²) in [6.45, 7) is 6.13. The zero-order chi connectivity index (χ0) is 10.8. The fraction of sp³-hybridized carbons (Fsp3) is 0.818. The zero-order valence-electron chi connectivity index (χ0n) is 9.17. The molecule has 1 saturated carbocycles. The van der Waals surface area contributed by atoms with E-state index in [9.17, 15) is 9.59 Å². The molecular weight excluding hydrogens is 178 g/mol. The van der Waals surface area contributed by atoms with Crippen LogP contribution >= 0.6 is 0 Å². The molecule has 1 amide bonds. The summed E-state index contributed by atoms with van der Waals surface area (Å²) < 4.78 is 0. The van der Waals surface area contributed by atoms with Crippen LogP contribution in [0.4, 0.5) is 0 Å². The number of amides is 1. The highest BCUT2D eigenvalue weighted by Gasteiger charge is 2.30. The second-order valence-corrected chi connectivity index (χ2v) is 5.37. The molecule has 0 aliphatic heterocycles. The maximum Gasteiger partial charge on any atom is 0.220 e. The Bertz CT molecular complexity index is 224. The summed E-state index contributed by atoms with van der Waals surface area (Å²) in [5.41, 5.74) is 0.0396. The number of hydrogen-bond acceptors (Lipinski definition) is 2. The highest BCUT2D eigenvalue weighted by atomic mass is 16.1. The molecule has 0 bridgehead atoms. The van der Waals surface area contributed by atoms with Crippen molar-refractivity contribution in [3.63, 3.8) is 0 Å². The highest BCUT2D eigenvalue weighted by Crippen LogP contribution is 2.26. The fourth-order valence-electron chi connectivity index (χ4n) is 1.65. The average molecular weight is 197 g/mol. The van der Waals surface area contributed by atoms with Gasteiger partial charge < -0.3 is 10.1 Å². The SMILES string of the molecule is CC(C)(C)CC(=O)NC1CC(C=O)C1. The van der Waals surface area contributed by atoms with Gasteiger partial charge in [0.2, 0.25) is 5.91 Å². The van der Waals surface area contributed by atoms with Gasteiger partial charge in [-0.2, -0.15) is 0 Å². The van der Waals surface area contributed by atoms with Crippen LogP contribution in [0.15, 0.2) is 0 Å². The summed E-state index contributed by atoms with van der Waals surface area (Å²) in [7, 11) is 0. The lowest BCUT2D eigenvalue weighted by Crippen LogP contribution is -2.45.